The summed E-state index contributed by atoms with van der Waals surface area (Å²) in [5.74, 6) is 0.123. The van der Waals surface area contributed by atoms with Crippen molar-refractivity contribution in [2.45, 2.75) is 33.1 Å². The van der Waals surface area contributed by atoms with E-state index in [0.29, 0.717) is 15.9 Å². The second kappa shape index (κ2) is 11.8. The Morgan fingerprint density at radius 2 is 1.72 bits per heavy atom. The van der Waals surface area contributed by atoms with Crippen LogP contribution in [0.25, 0.3) is 5.69 Å². The number of para-hydroxylation sites is 1. The van der Waals surface area contributed by atoms with Crippen LogP contribution in [0.5, 0.6) is 0 Å². The predicted octanol–water partition coefficient (Wildman–Crippen LogP) is 5.90. The molecule has 1 aromatic heterocycles. The van der Waals surface area contributed by atoms with Gasteiger partial charge in [-0.15, -0.1) is 0 Å². The number of urea groups is 1. The molecule has 0 bridgehead atoms. The van der Waals surface area contributed by atoms with Crippen molar-refractivity contribution in [2.24, 2.45) is 0 Å². The number of rotatable bonds is 8. The third-order valence-electron chi connectivity index (χ3n) is 5.37. The van der Waals surface area contributed by atoms with Gasteiger partial charge in [0.1, 0.15) is 12.4 Å². The minimum Gasteiger partial charge on any atom is -0.383 e. The van der Waals surface area contributed by atoms with Gasteiger partial charge in [-0.2, -0.15) is 5.10 Å². The minimum atomic E-state index is -0.528. The highest BCUT2D eigenvalue weighted by molar-refractivity contribution is 6.39. The van der Waals surface area contributed by atoms with Crippen LogP contribution in [0, 0.1) is 6.92 Å². The van der Waals surface area contributed by atoms with Gasteiger partial charge in [0.2, 0.25) is 5.91 Å². The number of aromatic nitrogens is 2. The third kappa shape index (κ3) is 7.00. The Hall–Kier alpha value is -3.07. The quantitative estimate of drug-likeness (QED) is 0.378. The third-order valence-corrected chi connectivity index (χ3v) is 6.00. The van der Waals surface area contributed by atoms with E-state index in [2.05, 4.69) is 31.4 Å². The second-order valence-corrected chi connectivity index (χ2v) is 10.2. The highest BCUT2D eigenvalue weighted by Gasteiger charge is 2.24. The average Bonchev–Trinajstić information content (AvgIpc) is 3.23. The largest absolute Gasteiger partial charge is 0.383 e. The lowest BCUT2D eigenvalue weighted by Gasteiger charge is -2.23. The van der Waals surface area contributed by atoms with Gasteiger partial charge in [-0.25, -0.2) is 9.48 Å². The van der Waals surface area contributed by atoms with Crippen molar-refractivity contribution in [3.8, 4) is 5.69 Å². The van der Waals surface area contributed by atoms with E-state index >= 15 is 0 Å². The maximum absolute atomic E-state index is 13.1. The number of halogens is 2. The van der Waals surface area contributed by atoms with Crippen LogP contribution in [-0.4, -0.2) is 53.4 Å². The molecule has 0 aliphatic carbocycles. The zero-order chi connectivity index (χ0) is 26.5. The number of nitrogens with zero attached hydrogens (tertiary/aromatic N) is 3. The van der Waals surface area contributed by atoms with Crippen molar-refractivity contribution in [3.63, 3.8) is 0 Å². The Morgan fingerprint density at radius 3 is 2.33 bits per heavy atom. The van der Waals surface area contributed by atoms with Crippen LogP contribution in [-0.2, 0) is 14.9 Å². The van der Waals surface area contributed by atoms with Crippen LogP contribution in [0.15, 0.2) is 48.5 Å². The second-order valence-electron chi connectivity index (χ2n) is 9.40. The molecule has 3 rings (SSSR count). The normalized spacial score (nSPS) is 11.3. The molecule has 0 unspecified atom stereocenters. The number of carbonyl (C=O) groups excluding carboxylic acids is 2. The molecular formula is C26H31Cl2N5O3. The maximum atomic E-state index is 13.1. The molecule has 2 N–H and O–H groups in total. The van der Waals surface area contributed by atoms with Gasteiger partial charge < -0.3 is 20.3 Å². The van der Waals surface area contributed by atoms with Crippen molar-refractivity contribution < 1.29 is 14.3 Å². The summed E-state index contributed by atoms with van der Waals surface area (Å²) in [6, 6.07) is 14.1. The Labute approximate surface area is 221 Å². The Bertz CT molecular complexity index is 1220. The molecule has 0 fully saturated rings. The maximum Gasteiger partial charge on any atom is 0.322 e. The molecule has 3 aromatic rings. The molecule has 0 aliphatic heterocycles. The van der Waals surface area contributed by atoms with Crippen LogP contribution >= 0.6 is 23.2 Å². The summed E-state index contributed by atoms with van der Waals surface area (Å²) in [5.41, 5.74) is 2.76. The van der Waals surface area contributed by atoms with E-state index in [0.717, 1.165) is 16.9 Å². The minimum absolute atomic E-state index is 0.183. The number of hydrogen-bond acceptors (Lipinski definition) is 4. The van der Waals surface area contributed by atoms with Crippen LogP contribution in [0.1, 0.15) is 32.0 Å². The summed E-state index contributed by atoms with van der Waals surface area (Å²) in [5, 5.41) is 10.9. The van der Waals surface area contributed by atoms with E-state index in [4.69, 9.17) is 33.0 Å². The van der Waals surface area contributed by atoms with Crippen molar-refractivity contribution in [1.29, 1.82) is 0 Å². The van der Waals surface area contributed by atoms with Crippen LogP contribution in [0.3, 0.4) is 0 Å². The molecule has 0 spiro atoms. The summed E-state index contributed by atoms with van der Waals surface area (Å²) in [4.78, 5) is 27.5. The number of carbonyl (C=O) groups is 2. The van der Waals surface area contributed by atoms with Gasteiger partial charge in [0.15, 0.2) is 0 Å². The van der Waals surface area contributed by atoms with E-state index in [1.54, 1.807) is 22.9 Å². The smallest absolute Gasteiger partial charge is 0.322 e. The van der Waals surface area contributed by atoms with Crippen LogP contribution < -0.4 is 10.6 Å². The average molecular weight is 532 g/mol. The van der Waals surface area contributed by atoms with Crippen molar-refractivity contribution in [3.05, 3.63) is 69.8 Å². The van der Waals surface area contributed by atoms with E-state index in [1.165, 1.54) is 12.0 Å². The summed E-state index contributed by atoms with van der Waals surface area (Å²) < 4.78 is 6.83. The zero-order valence-electron chi connectivity index (χ0n) is 21.1. The van der Waals surface area contributed by atoms with Gasteiger partial charge in [-0.3, -0.25) is 4.79 Å². The number of aryl methyl sites for hydroxylation is 1. The van der Waals surface area contributed by atoms with E-state index in [9.17, 15) is 9.59 Å². The number of amides is 3. The highest BCUT2D eigenvalue weighted by Crippen LogP contribution is 2.30. The molecule has 10 heteroatoms. The summed E-state index contributed by atoms with van der Waals surface area (Å²) in [6.07, 6.45) is 0. The topological polar surface area (TPSA) is 88.5 Å². The molecule has 192 valence electrons. The number of ether oxygens (including phenoxy) is 1. The molecule has 2 aromatic carbocycles. The number of hydrogen-bond donors (Lipinski definition) is 2. The van der Waals surface area contributed by atoms with E-state index in [-0.39, 0.29) is 36.7 Å². The fourth-order valence-corrected chi connectivity index (χ4v) is 3.90. The number of anilines is 2. The monoisotopic (exact) mass is 531 g/mol. The van der Waals surface area contributed by atoms with E-state index < -0.39 is 6.03 Å². The number of benzene rings is 2. The molecule has 8 nitrogen and oxygen atoms in total. The van der Waals surface area contributed by atoms with Gasteiger partial charge in [0.05, 0.1) is 33.7 Å². The summed E-state index contributed by atoms with van der Waals surface area (Å²) in [7, 11) is 1.52. The molecule has 0 saturated carbocycles. The predicted molar refractivity (Wildman–Crippen MR) is 145 cm³/mol. The molecule has 36 heavy (non-hydrogen) atoms. The van der Waals surface area contributed by atoms with Gasteiger partial charge >= 0.3 is 6.03 Å². The molecule has 3 amide bonds. The summed E-state index contributed by atoms with van der Waals surface area (Å²) in [6.45, 7) is 8.36. The van der Waals surface area contributed by atoms with Gasteiger partial charge in [-0.1, -0.05) is 62.2 Å². The highest BCUT2D eigenvalue weighted by atomic mass is 35.5. The SMILES string of the molecule is COCCN(CC(=O)Nc1cc(C(C)(C)C)nn1-c1cccc(C)c1)C(=O)Nc1c(Cl)cccc1Cl. The van der Waals surface area contributed by atoms with Crippen molar-refractivity contribution in [1.82, 2.24) is 14.7 Å². The van der Waals surface area contributed by atoms with Crippen LogP contribution in [0.2, 0.25) is 10.0 Å². The molecule has 0 saturated heterocycles. The van der Waals surface area contributed by atoms with Gasteiger partial charge in [0, 0.05) is 25.1 Å². The molecule has 0 aliphatic rings. The first-order chi connectivity index (χ1) is 17.0. The lowest BCUT2D eigenvalue weighted by Crippen LogP contribution is -2.42. The van der Waals surface area contributed by atoms with Gasteiger partial charge in [-0.05, 0) is 36.8 Å². The standard InChI is InChI=1S/C26H31Cl2N5O3/c1-17-8-6-9-18(14-17)33-22(15-21(31-33)26(2,3)4)29-23(34)16-32(12-13-36-5)25(35)30-24-19(27)10-7-11-20(24)28/h6-11,14-15H,12-13,16H2,1-5H3,(H,29,34)(H,30,35). The number of nitrogens with one attached hydrogen (secondary N) is 2. The summed E-state index contributed by atoms with van der Waals surface area (Å²) >= 11 is 12.4. The lowest BCUT2D eigenvalue weighted by molar-refractivity contribution is -0.116. The van der Waals surface area contributed by atoms with Crippen molar-refractivity contribution >= 4 is 46.6 Å². The molecule has 0 atom stereocenters. The molecule has 0 radical (unpaired) electrons. The first-order valence-corrected chi connectivity index (χ1v) is 12.2. The Morgan fingerprint density at radius 1 is 1.06 bits per heavy atom. The Kier molecular flexibility index (Phi) is 9.00. The number of methoxy groups -OCH3 is 1. The lowest BCUT2D eigenvalue weighted by atomic mass is 9.92. The first-order valence-electron chi connectivity index (χ1n) is 11.5. The van der Waals surface area contributed by atoms with Gasteiger partial charge in [0.25, 0.3) is 0 Å². The fourth-order valence-electron chi connectivity index (χ4n) is 3.41. The van der Waals surface area contributed by atoms with E-state index in [1.807, 2.05) is 37.3 Å². The Balaban J connectivity index is 1.83. The fraction of sp³-hybridized carbons (Fsp3) is 0.346. The van der Waals surface area contributed by atoms with Crippen LogP contribution in [0.4, 0.5) is 16.3 Å². The first kappa shape index (κ1) is 27.5. The zero-order valence-corrected chi connectivity index (χ0v) is 22.6. The molecule has 1 heterocycles. The molecular weight excluding hydrogens is 501 g/mol. The van der Waals surface area contributed by atoms with Crippen molar-refractivity contribution in [2.75, 3.05) is 37.4 Å².